The van der Waals surface area contributed by atoms with Crippen molar-refractivity contribution < 1.29 is 23.4 Å². The summed E-state index contributed by atoms with van der Waals surface area (Å²) in [6.45, 7) is 3.85. The van der Waals surface area contributed by atoms with E-state index in [9.17, 15) is 18.3 Å². The highest BCUT2D eigenvalue weighted by atomic mass is 32.2. The number of carboxylic acids is 1. The normalized spacial score (nSPS) is 15.3. The quantitative estimate of drug-likeness (QED) is 0.674. The maximum Gasteiger partial charge on any atom is 0.323 e. The molecule has 0 amide bonds. The molecule has 0 bridgehead atoms. The van der Waals surface area contributed by atoms with Crippen molar-refractivity contribution in [2.45, 2.75) is 31.6 Å². The van der Waals surface area contributed by atoms with Crippen LogP contribution in [0.3, 0.4) is 0 Å². The molecule has 0 aromatic carbocycles. The molecule has 0 aromatic rings. The van der Waals surface area contributed by atoms with E-state index in [4.69, 9.17) is 5.11 Å². The van der Waals surface area contributed by atoms with Crippen LogP contribution < -0.4 is 0 Å². The Morgan fingerprint density at radius 3 is 2.13 bits per heavy atom. The second-order valence-corrected chi connectivity index (χ2v) is 6.45. The first-order chi connectivity index (χ1) is 6.48. The van der Waals surface area contributed by atoms with Crippen LogP contribution in [0.4, 0.5) is 0 Å². The van der Waals surface area contributed by atoms with Crippen LogP contribution in [0.2, 0.25) is 0 Å². The molecule has 7 heteroatoms. The average Bonchev–Trinajstić information content (AvgIpc) is 1.99. The fraction of sp³-hybridized carbons (Fsp3) is 0.875. The average molecular weight is 239 g/mol. The molecular weight excluding hydrogens is 222 g/mol. The van der Waals surface area contributed by atoms with Crippen LogP contribution in [0.25, 0.3) is 0 Å². The van der Waals surface area contributed by atoms with Gasteiger partial charge >= 0.3 is 5.97 Å². The minimum absolute atomic E-state index is 0.146. The Labute approximate surface area is 89.6 Å². The van der Waals surface area contributed by atoms with Crippen LogP contribution in [0.5, 0.6) is 0 Å². The predicted molar refractivity (Wildman–Crippen MR) is 54.9 cm³/mol. The number of carbonyl (C=O) groups is 1. The summed E-state index contributed by atoms with van der Waals surface area (Å²) in [5.41, 5.74) is -1.19. The molecule has 0 aliphatic heterocycles. The van der Waals surface area contributed by atoms with Crippen molar-refractivity contribution in [2.75, 3.05) is 13.6 Å². The summed E-state index contributed by atoms with van der Waals surface area (Å²) in [6.07, 6.45) is 0. The fourth-order valence-corrected chi connectivity index (χ4v) is 2.32. The summed E-state index contributed by atoms with van der Waals surface area (Å²) in [4.78, 5) is 10.5. The van der Waals surface area contributed by atoms with Crippen LogP contribution >= 0.6 is 0 Å². The Bertz CT molecular complexity index is 329. The Kier molecular flexibility index (Phi) is 4.26. The minimum Gasteiger partial charge on any atom is -0.480 e. The third-order valence-electron chi connectivity index (χ3n) is 1.84. The summed E-state index contributed by atoms with van der Waals surface area (Å²) in [5.74, 6) is -1.41. The van der Waals surface area contributed by atoms with Crippen molar-refractivity contribution in [3.8, 4) is 0 Å². The maximum absolute atomic E-state index is 11.6. The highest BCUT2D eigenvalue weighted by molar-refractivity contribution is 7.90. The molecule has 15 heavy (non-hydrogen) atoms. The molecule has 0 aromatic heterocycles. The Hall–Kier alpha value is -0.660. The van der Waals surface area contributed by atoms with Crippen molar-refractivity contribution in [1.82, 2.24) is 4.31 Å². The van der Waals surface area contributed by atoms with Crippen LogP contribution in [0.15, 0.2) is 0 Å². The van der Waals surface area contributed by atoms with Crippen molar-refractivity contribution in [3.63, 3.8) is 0 Å². The van der Waals surface area contributed by atoms with E-state index in [1.54, 1.807) is 0 Å². The number of hydrogen-bond donors (Lipinski definition) is 2. The Balaban J connectivity index is 4.83. The number of carboxylic acid groups (broad SMARTS) is 1. The monoisotopic (exact) mass is 239 g/mol. The molecular formula is C8H17NO5S. The van der Waals surface area contributed by atoms with Gasteiger partial charge in [0, 0.05) is 13.6 Å². The zero-order chi connectivity index (χ0) is 12.4. The van der Waals surface area contributed by atoms with Gasteiger partial charge in [-0.15, -0.1) is 0 Å². The molecule has 0 aliphatic rings. The summed E-state index contributed by atoms with van der Waals surface area (Å²) in [6, 6.07) is 0. The summed E-state index contributed by atoms with van der Waals surface area (Å²) < 4.78 is 24.0. The molecule has 0 radical (unpaired) electrons. The van der Waals surface area contributed by atoms with Crippen molar-refractivity contribution >= 4 is 16.0 Å². The van der Waals surface area contributed by atoms with Crippen LogP contribution in [-0.2, 0) is 14.8 Å². The molecule has 0 fully saturated rings. The van der Waals surface area contributed by atoms with E-state index in [0.717, 1.165) is 11.2 Å². The third kappa shape index (κ3) is 4.15. The lowest BCUT2D eigenvalue weighted by molar-refractivity contribution is -0.136. The Morgan fingerprint density at radius 2 is 1.87 bits per heavy atom. The van der Waals surface area contributed by atoms with E-state index in [1.807, 2.05) is 0 Å². The van der Waals surface area contributed by atoms with Gasteiger partial charge in [-0.25, -0.2) is 12.7 Å². The van der Waals surface area contributed by atoms with Gasteiger partial charge < -0.3 is 10.2 Å². The second-order valence-electron chi connectivity index (χ2n) is 4.09. The number of hydrogen-bond acceptors (Lipinski definition) is 4. The molecule has 0 rings (SSSR count). The lowest BCUT2D eigenvalue weighted by atomic mass is 10.1. The summed E-state index contributed by atoms with van der Waals surface area (Å²) in [5, 5.41) is 16.5. The molecule has 6 nitrogen and oxygen atoms in total. The molecule has 0 saturated carbocycles. The zero-order valence-electron chi connectivity index (χ0n) is 9.26. The summed E-state index contributed by atoms with van der Waals surface area (Å²) in [7, 11) is -2.65. The van der Waals surface area contributed by atoms with Gasteiger partial charge in [0.1, 0.15) is 0 Å². The lowest BCUT2D eigenvalue weighted by Crippen LogP contribution is -2.45. The van der Waals surface area contributed by atoms with Gasteiger partial charge in [0.2, 0.25) is 10.0 Å². The molecule has 1 unspecified atom stereocenters. The zero-order valence-corrected chi connectivity index (χ0v) is 10.1. The number of rotatable bonds is 5. The first-order valence-corrected chi connectivity index (χ1v) is 5.89. The second kappa shape index (κ2) is 4.46. The van der Waals surface area contributed by atoms with E-state index in [0.29, 0.717) is 0 Å². The van der Waals surface area contributed by atoms with Gasteiger partial charge in [0.05, 0.1) is 5.60 Å². The van der Waals surface area contributed by atoms with Gasteiger partial charge in [-0.3, -0.25) is 4.79 Å². The van der Waals surface area contributed by atoms with Crippen molar-refractivity contribution in [3.05, 3.63) is 0 Å². The van der Waals surface area contributed by atoms with E-state index >= 15 is 0 Å². The summed E-state index contributed by atoms with van der Waals surface area (Å²) >= 11 is 0. The molecule has 2 N–H and O–H groups in total. The van der Waals surface area contributed by atoms with E-state index in [2.05, 4.69) is 0 Å². The first kappa shape index (κ1) is 14.3. The molecule has 1 atom stereocenters. The van der Waals surface area contributed by atoms with Gasteiger partial charge in [-0.2, -0.15) is 0 Å². The maximum atomic E-state index is 11.6. The SMILES string of the molecule is CC(C(=O)O)S(=O)(=O)N(C)CC(C)(C)O. The Morgan fingerprint density at radius 1 is 1.47 bits per heavy atom. The van der Waals surface area contributed by atoms with Gasteiger partial charge in [0.15, 0.2) is 5.25 Å². The van der Waals surface area contributed by atoms with Crippen molar-refractivity contribution in [1.29, 1.82) is 0 Å². The van der Waals surface area contributed by atoms with Crippen LogP contribution in [0, 0.1) is 0 Å². The fourth-order valence-electron chi connectivity index (χ4n) is 1.03. The van der Waals surface area contributed by atoms with E-state index in [-0.39, 0.29) is 6.54 Å². The molecule has 90 valence electrons. The minimum atomic E-state index is -3.90. The van der Waals surface area contributed by atoms with Gasteiger partial charge in [-0.05, 0) is 20.8 Å². The topological polar surface area (TPSA) is 94.9 Å². The number of sulfonamides is 1. The number of aliphatic hydroxyl groups is 1. The van der Waals surface area contributed by atoms with Gasteiger partial charge in [0.25, 0.3) is 0 Å². The third-order valence-corrected chi connectivity index (χ3v) is 3.93. The number of aliphatic carboxylic acids is 1. The van der Waals surface area contributed by atoms with Crippen molar-refractivity contribution in [2.24, 2.45) is 0 Å². The number of nitrogens with zero attached hydrogens (tertiary/aromatic N) is 1. The first-order valence-electron chi connectivity index (χ1n) is 4.39. The van der Waals surface area contributed by atoms with Gasteiger partial charge in [-0.1, -0.05) is 0 Å². The molecule has 0 heterocycles. The standard InChI is InChI=1S/C8H17NO5S/c1-6(7(10)11)15(13,14)9(4)5-8(2,3)12/h6,12H,5H2,1-4H3,(H,10,11). The highest BCUT2D eigenvalue weighted by Gasteiger charge is 2.33. The predicted octanol–water partition coefficient (Wildman–Crippen LogP) is -0.508. The molecule has 0 spiro atoms. The number of likely N-dealkylation sites (N-methyl/N-ethyl adjacent to an activating group) is 1. The lowest BCUT2D eigenvalue weighted by Gasteiger charge is -2.26. The van der Waals surface area contributed by atoms with Crippen LogP contribution in [0.1, 0.15) is 20.8 Å². The van der Waals surface area contributed by atoms with E-state index < -0.39 is 26.8 Å². The highest BCUT2D eigenvalue weighted by Crippen LogP contribution is 2.11. The van der Waals surface area contributed by atoms with Crippen LogP contribution in [-0.4, -0.2) is 53.3 Å². The smallest absolute Gasteiger partial charge is 0.323 e. The largest absolute Gasteiger partial charge is 0.480 e. The van der Waals surface area contributed by atoms with E-state index in [1.165, 1.54) is 20.9 Å². The molecule has 0 aliphatic carbocycles. The molecule has 0 saturated heterocycles.